The average Bonchev–Trinajstić information content (AvgIpc) is 3.09. The van der Waals surface area contributed by atoms with Crippen LogP contribution in [0.3, 0.4) is 0 Å². The molecule has 26 heavy (non-hydrogen) atoms. The van der Waals surface area contributed by atoms with Crippen LogP contribution in [0.4, 0.5) is 11.4 Å². The van der Waals surface area contributed by atoms with Crippen molar-refractivity contribution in [3.8, 4) is 11.5 Å². The molecule has 8 nitrogen and oxygen atoms in total. The maximum absolute atomic E-state index is 11.2. The zero-order valence-electron chi connectivity index (χ0n) is 13.7. The molecule has 0 saturated carbocycles. The van der Waals surface area contributed by atoms with Gasteiger partial charge < -0.3 is 9.73 Å². The number of thioether (sulfide) groups is 1. The van der Waals surface area contributed by atoms with Crippen LogP contribution in [0.5, 0.6) is 0 Å². The van der Waals surface area contributed by atoms with Gasteiger partial charge in [0.05, 0.1) is 4.92 Å². The number of rotatable bonds is 6. The van der Waals surface area contributed by atoms with E-state index in [2.05, 4.69) is 15.5 Å². The summed E-state index contributed by atoms with van der Waals surface area (Å²) in [6.45, 7) is 1.32. The summed E-state index contributed by atoms with van der Waals surface area (Å²) < 4.78 is 5.59. The quantitative estimate of drug-likeness (QED) is 0.398. The lowest BCUT2D eigenvalue weighted by Gasteiger charge is -2.04. The number of carbonyl (C=O) groups excluding carboxylic acids is 1. The summed E-state index contributed by atoms with van der Waals surface area (Å²) in [5.41, 5.74) is 1.59. The summed E-state index contributed by atoms with van der Waals surface area (Å²) in [5.74, 6) is 0.478. The van der Waals surface area contributed by atoms with E-state index in [1.165, 1.54) is 30.8 Å². The molecule has 132 valence electrons. The van der Waals surface area contributed by atoms with Crippen LogP contribution in [-0.2, 0) is 10.5 Å². The van der Waals surface area contributed by atoms with E-state index in [0.717, 1.165) is 5.56 Å². The molecule has 3 rings (SSSR count). The number of benzene rings is 2. The summed E-state index contributed by atoms with van der Waals surface area (Å²) in [5, 5.41) is 21.9. The maximum Gasteiger partial charge on any atom is 0.277 e. The molecule has 0 aliphatic carbocycles. The number of hydrogen-bond acceptors (Lipinski definition) is 7. The van der Waals surface area contributed by atoms with Crippen LogP contribution >= 0.6 is 11.8 Å². The standard InChI is InChI=1S/C17H14N4O4S/c1-11(22)18-14-7-13(8-15(9-14)21(23)24)16-19-20-17(25-16)26-10-12-5-3-2-4-6-12/h2-9H,10H2,1H3,(H,18,22). The Labute approximate surface area is 152 Å². The van der Waals surface area contributed by atoms with Gasteiger partial charge in [0, 0.05) is 36.1 Å². The number of hydrogen-bond donors (Lipinski definition) is 1. The molecule has 0 aliphatic heterocycles. The number of nitrogens with zero attached hydrogens (tertiary/aromatic N) is 3. The number of non-ortho nitro benzene ring substituents is 1. The first-order valence-corrected chi connectivity index (χ1v) is 8.57. The van der Waals surface area contributed by atoms with Gasteiger partial charge in [-0.1, -0.05) is 42.1 Å². The maximum atomic E-state index is 11.2. The summed E-state index contributed by atoms with van der Waals surface area (Å²) >= 11 is 1.37. The minimum absolute atomic E-state index is 0.149. The van der Waals surface area contributed by atoms with Gasteiger partial charge in [-0.2, -0.15) is 0 Å². The molecule has 0 unspecified atom stereocenters. The lowest BCUT2D eigenvalue weighted by atomic mass is 10.1. The number of carbonyl (C=O) groups is 1. The first-order chi connectivity index (χ1) is 12.5. The third kappa shape index (κ3) is 4.45. The van der Waals surface area contributed by atoms with Gasteiger partial charge in [0.25, 0.3) is 10.9 Å². The van der Waals surface area contributed by atoms with Crippen molar-refractivity contribution in [1.29, 1.82) is 0 Å². The van der Waals surface area contributed by atoms with Crippen LogP contribution in [0.15, 0.2) is 58.2 Å². The second-order valence-electron chi connectivity index (χ2n) is 5.35. The van der Waals surface area contributed by atoms with Crippen LogP contribution < -0.4 is 5.32 Å². The van der Waals surface area contributed by atoms with Gasteiger partial charge in [-0.3, -0.25) is 14.9 Å². The predicted octanol–water partition coefficient (Wildman–Crippen LogP) is 3.90. The lowest BCUT2D eigenvalue weighted by molar-refractivity contribution is -0.384. The van der Waals surface area contributed by atoms with Crippen LogP contribution in [0.25, 0.3) is 11.5 Å². The van der Waals surface area contributed by atoms with Crippen molar-refractivity contribution in [3.05, 3.63) is 64.2 Å². The Morgan fingerprint density at radius 3 is 2.69 bits per heavy atom. The molecule has 0 radical (unpaired) electrons. The Hall–Kier alpha value is -3.20. The topological polar surface area (TPSA) is 111 Å². The molecule has 0 spiro atoms. The van der Waals surface area contributed by atoms with E-state index in [1.807, 2.05) is 30.3 Å². The fourth-order valence-electron chi connectivity index (χ4n) is 2.22. The molecule has 9 heteroatoms. The molecule has 1 heterocycles. The van der Waals surface area contributed by atoms with Crippen molar-refractivity contribution >= 4 is 29.0 Å². The van der Waals surface area contributed by atoms with Gasteiger partial charge in [-0.05, 0) is 11.6 Å². The summed E-state index contributed by atoms with van der Waals surface area (Å²) in [4.78, 5) is 21.8. The second kappa shape index (κ2) is 7.79. The Morgan fingerprint density at radius 1 is 1.23 bits per heavy atom. The molecule has 0 aliphatic rings. The number of amides is 1. The summed E-state index contributed by atoms with van der Waals surface area (Å²) in [6, 6.07) is 14.0. The predicted molar refractivity (Wildman–Crippen MR) is 96.7 cm³/mol. The number of nitro groups is 1. The highest BCUT2D eigenvalue weighted by Crippen LogP contribution is 2.30. The highest BCUT2D eigenvalue weighted by Gasteiger charge is 2.16. The van der Waals surface area contributed by atoms with Gasteiger partial charge in [0.15, 0.2) is 0 Å². The monoisotopic (exact) mass is 370 g/mol. The highest BCUT2D eigenvalue weighted by atomic mass is 32.2. The third-order valence-corrected chi connectivity index (χ3v) is 4.20. The van der Waals surface area contributed by atoms with Crippen molar-refractivity contribution in [3.63, 3.8) is 0 Å². The van der Waals surface area contributed by atoms with E-state index in [-0.39, 0.29) is 17.5 Å². The first kappa shape index (κ1) is 17.6. The smallest absolute Gasteiger partial charge is 0.277 e. The van der Waals surface area contributed by atoms with E-state index in [1.54, 1.807) is 6.07 Å². The van der Waals surface area contributed by atoms with Crippen molar-refractivity contribution < 1.29 is 14.1 Å². The second-order valence-corrected chi connectivity index (χ2v) is 6.28. The fraction of sp³-hybridized carbons (Fsp3) is 0.118. The van der Waals surface area contributed by atoms with E-state index >= 15 is 0 Å². The minimum atomic E-state index is -0.545. The van der Waals surface area contributed by atoms with Gasteiger partial charge >= 0.3 is 0 Å². The zero-order valence-corrected chi connectivity index (χ0v) is 14.5. The van der Waals surface area contributed by atoms with Crippen molar-refractivity contribution in [1.82, 2.24) is 10.2 Å². The molecule has 0 saturated heterocycles. The Morgan fingerprint density at radius 2 is 2.00 bits per heavy atom. The molecular formula is C17H14N4O4S. The van der Waals surface area contributed by atoms with E-state index in [9.17, 15) is 14.9 Å². The van der Waals surface area contributed by atoms with Crippen molar-refractivity contribution in [2.75, 3.05) is 5.32 Å². The molecule has 1 N–H and O–H groups in total. The number of nitrogens with one attached hydrogen (secondary N) is 1. The molecule has 1 amide bonds. The number of aromatic nitrogens is 2. The van der Waals surface area contributed by atoms with Crippen molar-refractivity contribution in [2.24, 2.45) is 0 Å². The molecule has 0 atom stereocenters. The lowest BCUT2D eigenvalue weighted by Crippen LogP contribution is -2.06. The molecular weight excluding hydrogens is 356 g/mol. The zero-order chi connectivity index (χ0) is 18.5. The SMILES string of the molecule is CC(=O)Nc1cc(-c2nnc(SCc3ccccc3)o2)cc([N+](=O)[O-])c1. The molecule has 1 aromatic heterocycles. The summed E-state index contributed by atoms with van der Waals surface area (Å²) in [7, 11) is 0. The molecule has 0 fully saturated rings. The van der Waals surface area contributed by atoms with Gasteiger partial charge in [0.2, 0.25) is 11.8 Å². The largest absolute Gasteiger partial charge is 0.411 e. The molecule has 0 bridgehead atoms. The van der Waals surface area contributed by atoms with E-state index < -0.39 is 4.92 Å². The Balaban J connectivity index is 1.82. The van der Waals surface area contributed by atoms with Crippen molar-refractivity contribution in [2.45, 2.75) is 17.9 Å². The normalized spacial score (nSPS) is 10.5. The van der Waals surface area contributed by atoms with Crippen LogP contribution in [0, 0.1) is 10.1 Å². The minimum Gasteiger partial charge on any atom is -0.411 e. The highest BCUT2D eigenvalue weighted by molar-refractivity contribution is 7.98. The van der Waals surface area contributed by atoms with Gasteiger partial charge in [0.1, 0.15) is 0 Å². The fourth-order valence-corrected chi connectivity index (χ4v) is 2.94. The van der Waals surface area contributed by atoms with Gasteiger partial charge in [-0.15, -0.1) is 10.2 Å². The van der Waals surface area contributed by atoms with E-state index in [4.69, 9.17) is 4.42 Å². The number of anilines is 1. The third-order valence-electron chi connectivity index (χ3n) is 3.31. The Bertz CT molecular complexity index is 943. The van der Waals surface area contributed by atoms with Crippen LogP contribution in [0.2, 0.25) is 0 Å². The summed E-state index contributed by atoms with van der Waals surface area (Å²) in [6.07, 6.45) is 0. The first-order valence-electron chi connectivity index (χ1n) is 7.59. The van der Waals surface area contributed by atoms with Crippen LogP contribution in [-0.4, -0.2) is 21.0 Å². The number of nitro benzene ring substituents is 1. The average molecular weight is 370 g/mol. The Kier molecular flexibility index (Phi) is 5.28. The molecule has 2 aromatic carbocycles. The van der Waals surface area contributed by atoms with Gasteiger partial charge in [-0.25, -0.2) is 0 Å². The van der Waals surface area contributed by atoms with Crippen LogP contribution in [0.1, 0.15) is 12.5 Å². The van der Waals surface area contributed by atoms with E-state index in [0.29, 0.717) is 22.2 Å². The molecule has 3 aromatic rings.